The fourth-order valence-corrected chi connectivity index (χ4v) is 1.83. The highest BCUT2D eigenvalue weighted by Crippen LogP contribution is 2.37. The minimum absolute atomic E-state index is 0.0521. The minimum Gasteiger partial charge on any atom is -0.454 e. The van der Waals surface area contributed by atoms with Crippen LogP contribution >= 0.6 is 15.9 Å². The van der Waals surface area contributed by atoms with E-state index in [0.717, 1.165) is 18.2 Å². The summed E-state index contributed by atoms with van der Waals surface area (Å²) in [5.74, 6) is -2.44. The summed E-state index contributed by atoms with van der Waals surface area (Å²) in [5, 5.41) is 0. The number of halogens is 5. The number of benzene rings is 2. The molecule has 8 heteroatoms. The van der Waals surface area contributed by atoms with Gasteiger partial charge < -0.3 is 15.2 Å². The van der Waals surface area contributed by atoms with Crippen molar-refractivity contribution in [1.82, 2.24) is 0 Å². The zero-order chi connectivity index (χ0) is 15.6. The van der Waals surface area contributed by atoms with Crippen molar-refractivity contribution in [3.05, 3.63) is 46.4 Å². The SMILES string of the molecule is Nc1cc(F)c(OC(F)F)cc1Oc1cc(F)ccc1Br. The fraction of sp³-hybridized carbons (Fsp3) is 0.0769. The van der Waals surface area contributed by atoms with Crippen LogP contribution in [0.2, 0.25) is 0 Å². The van der Waals surface area contributed by atoms with Gasteiger partial charge in [-0.25, -0.2) is 8.78 Å². The largest absolute Gasteiger partial charge is 0.454 e. The Bertz CT molecular complexity index is 667. The Balaban J connectivity index is 2.37. The Morgan fingerprint density at radius 2 is 1.71 bits per heavy atom. The first kappa shape index (κ1) is 15.4. The fourth-order valence-electron chi connectivity index (χ4n) is 1.50. The first-order valence-electron chi connectivity index (χ1n) is 5.53. The standard InChI is InChI=1S/C13H8BrF4NO2/c14-7-2-1-6(15)3-10(7)20-12-5-11(21-13(17)18)8(16)4-9(12)19/h1-5,13H,19H2. The molecule has 112 valence electrons. The molecule has 0 aliphatic heterocycles. The van der Waals surface area contributed by atoms with Gasteiger partial charge in [-0.15, -0.1) is 0 Å². The number of rotatable bonds is 4. The van der Waals surface area contributed by atoms with Crippen molar-refractivity contribution in [2.45, 2.75) is 6.61 Å². The summed E-state index contributed by atoms with van der Waals surface area (Å²) < 4.78 is 60.6. The van der Waals surface area contributed by atoms with Crippen LogP contribution in [0.5, 0.6) is 17.2 Å². The molecule has 0 unspecified atom stereocenters. The maximum Gasteiger partial charge on any atom is 0.387 e. The second-order valence-electron chi connectivity index (χ2n) is 3.88. The first-order chi connectivity index (χ1) is 9.86. The molecule has 3 nitrogen and oxygen atoms in total. The number of nitrogen functional groups attached to an aromatic ring is 1. The molecular weight excluding hydrogens is 358 g/mol. The van der Waals surface area contributed by atoms with E-state index < -0.39 is 24.0 Å². The van der Waals surface area contributed by atoms with Crippen LogP contribution in [-0.2, 0) is 0 Å². The summed E-state index contributed by atoms with van der Waals surface area (Å²) in [6.45, 7) is -3.20. The van der Waals surface area contributed by atoms with Crippen LogP contribution in [0.1, 0.15) is 0 Å². The van der Waals surface area contributed by atoms with Gasteiger partial charge >= 0.3 is 6.61 Å². The molecule has 0 radical (unpaired) electrons. The number of ether oxygens (including phenoxy) is 2. The van der Waals surface area contributed by atoms with Crippen LogP contribution in [0.3, 0.4) is 0 Å². The molecule has 0 atom stereocenters. The Hall–Kier alpha value is -1.96. The molecular formula is C13H8BrF4NO2. The second-order valence-corrected chi connectivity index (χ2v) is 4.73. The lowest BCUT2D eigenvalue weighted by Crippen LogP contribution is -2.05. The second kappa shape index (κ2) is 6.21. The molecule has 0 aliphatic carbocycles. The monoisotopic (exact) mass is 365 g/mol. The lowest BCUT2D eigenvalue weighted by molar-refractivity contribution is -0.0522. The van der Waals surface area contributed by atoms with Crippen molar-refractivity contribution in [1.29, 1.82) is 0 Å². The molecule has 0 saturated carbocycles. The Labute approximate surface area is 125 Å². The highest BCUT2D eigenvalue weighted by Gasteiger charge is 2.15. The van der Waals surface area contributed by atoms with Crippen molar-refractivity contribution in [3.8, 4) is 17.2 Å². The number of hydrogen-bond donors (Lipinski definition) is 1. The molecule has 2 aromatic rings. The average molecular weight is 366 g/mol. The van der Waals surface area contributed by atoms with Gasteiger partial charge in [-0.2, -0.15) is 8.78 Å². The molecule has 0 saturated heterocycles. The molecule has 0 aromatic heterocycles. The molecule has 2 rings (SSSR count). The van der Waals surface area contributed by atoms with E-state index in [9.17, 15) is 17.6 Å². The van der Waals surface area contributed by atoms with Gasteiger partial charge in [-0.3, -0.25) is 0 Å². The van der Waals surface area contributed by atoms with E-state index in [2.05, 4.69) is 20.7 Å². The molecule has 0 spiro atoms. The first-order valence-corrected chi connectivity index (χ1v) is 6.33. The Morgan fingerprint density at radius 3 is 2.38 bits per heavy atom. The van der Waals surface area contributed by atoms with Crippen LogP contribution in [0, 0.1) is 11.6 Å². The Kier molecular flexibility index (Phi) is 4.56. The van der Waals surface area contributed by atoms with Gasteiger partial charge in [0.2, 0.25) is 0 Å². The third-order valence-electron chi connectivity index (χ3n) is 2.39. The van der Waals surface area contributed by atoms with Crippen molar-refractivity contribution in [3.63, 3.8) is 0 Å². The summed E-state index contributed by atoms with van der Waals surface area (Å²) >= 11 is 3.13. The van der Waals surface area contributed by atoms with Gasteiger partial charge in [-0.05, 0) is 28.1 Å². The number of nitrogens with two attached hydrogens (primary N) is 1. The highest BCUT2D eigenvalue weighted by molar-refractivity contribution is 9.10. The van der Waals surface area contributed by atoms with E-state index in [-0.39, 0.29) is 17.2 Å². The van der Waals surface area contributed by atoms with Gasteiger partial charge in [0.15, 0.2) is 17.3 Å². The van der Waals surface area contributed by atoms with Crippen molar-refractivity contribution in [2.75, 3.05) is 5.73 Å². The minimum atomic E-state index is -3.20. The van der Waals surface area contributed by atoms with Crippen molar-refractivity contribution in [2.24, 2.45) is 0 Å². The summed E-state index contributed by atoms with van der Waals surface area (Å²) in [4.78, 5) is 0. The third kappa shape index (κ3) is 3.78. The van der Waals surface area contributed by atoms with Crippen LogP contribution in [0.4, 0.5) is 23.2 Å². The Morgan fingerprint density at radius 1 is 1.00 bits per heavy atom. The van der Waals surface area contributed by atoms with E-state index in [4.69, 9.17) is 10.5 Å². The van der Waals surface area contributed by atoms with Crippen LogP contribution in [0.15, 0.2) is 34.8 Å². The smallest absolute Gasteiger partial charge is 0.387 e. The van der Waals surface area contributed by atoms with E-state index in [1.54, 1.807) is 0 Å². The number of hydrogen-bond acceptors (Lipinski definition) is 3. The average Bonchev–Trinajstić information content (AvgIpc) is 2.39. The topological polar surface area (TPSA) is 44.5 Å². The molecule has 0 fully saturated rings. The lowest BCUT2D eigenvalue weighted by atomic mass is 10.2. The van der Waals surface area contributed by atoms with Crippen LogP contribution < -0.4 is 15.2 Å². The van der Waals surface area contributed by atoms with Crippen LogP contribution in [-0.4, -0.2) is 6.61 Å². The van der Waals surface area contributed by atoms with Gasteiger partial charge in [0.1, 0.15) is 11.6 Å². The van der Waals surface area contributed by atoms with E-state index in [1.807, 2.05) is 0 Å². The number of alkyl halides is 2. The van der Waals surface area contributed by atoms with Gasteiger partial charge in [0, 0.05) is 18.2 Å². The zero-order valence-corrected chi connectivity index (χ0v) is 11.8. The normalized spacial score (nSPS) is 10.8. The number of anilines is 1. The molecule has 0 heterocycles. The molecule has 0 bridgehead atoms. The summed E-state index contributed by atoms with van der Waals surface area (Å²) in [5.41, 5.74) is 5.39. The summed E-state index contributed by atoms with van der Waals surface area (Å²) in [6.07, 6.45) is 0. The molecule has 2 aromatic carbocycles. The van der Waals surface area contributed by atoms with E-state index >= 15 is 0 Å². The highest BCUT2D eigenvalue weighted by atomic mass is 79.9. The van der Waals surface area contributed by atoms with Gasteiger partial charge in [0.25, 0.3) is 0 Å². The van der Waals surface area contributed by atoms with Gasteiger partial charge in [0.05, 0.1) is 10.2 Å². The quantitative estimate of drug-likeness (QED) is 0.630. The maximum atomic E-state index is 13.4. The predicted octanol–water partition coefficient (Wildman–Crippen LogP) is 4.70. The molecule has 0 aliphatic rings. The lowest BCUT2D eigenvalue weighted by Gasteiger charge is -2.13. The van der Waals surface area contributed by atoms with E-state index in [1.165, 1.54) is 12.1 Å². The van der Waals surface area contributed by atoms with Crippen molar-refractivity contribution >= 4 is 21.6 Å². The third-order valence-corrected chi connectivity index (χ3v) is 3.05. The predicted molar refractivity (Wildman–Crippen MR) is 71.6 cm³/mol. The van der Waals surface area contributed by atoms with Crippen LogP contribution in [0.25, 0.3) is 0 Å². The zero-order valence-electron chi connectivity index (χ0n) is 10.2. The summed E-state index contributed by atoms with van der Waals surface area (Å²) in [7, 11) is 0. The molecule has 2 N–H and O–H groups in total. The summed E-state index contributed by atoms with van der Waals surface area (Å²) in [6, 6.07) is 5.28. The van der Waals surface area contributed by atoms with E-state index in [0.29, 0.717) is 4.47 Å². The van der Waals surface area contributed by atoms with Gasteiger partial charge in [-0.1, -0.05) is 0 Å². The maximum absolute atomic E-state index is 13.4. The van der Waals surface area contributed by atoms with Crippen molar-refractivity contribution < 1.29 is 27.0 Å². The molecule has 0 amide bonds. The molecule has 21 heavy (non-hydrogen) atoms.